The van der Waals surface area contributed by atoms with E-state index in [0.717, 1.165) is 11.1 Å². The van der Waals surface area contributed by atoms with Gasteiger partial charge in [0.25, 0.3) is 0 Å². The number of halogens is 1. The summed E-state index contributed by atoms with van der Waals surface area (Å²) >= 11 is 5.50. The summed E-state index contributed by atoms with van der Waals surface area (Å²) in [5.74, 6) is 0.0229. The molecule has 0 spiro atoms. The quantitative estimate of drug-likeness (QED) is 0.662. The molecule has 2 unspecified atom stereocenters. The molecular formula is C11H16ClNO2. The first-order valence-electron chi connectivity index (χ1n) is 4.85. The van der Waals surface area contributed by atoms with Crippen molar-refractivity contribution in [1.82, 2.24) is 5.32 Å². The van der Waals surface area contributed by atoms with Gasteiger partial charge in [-0.15, -0.1) is 11.6 Å². The van der Waals surface area contributed by atoms with Crippen molar-refractivity contribution in [2.24, 2.45) is 0 Å². The average Bonchev–Trinajstić information content (AvgIpc) is 2.28. The molecule has 0 fully saturated rings. The molecule has 15 heavy (non-hydrogen) atoms. The average molecular weight is 230 g/mol. The first-order valence-corrected chi connectivity index (χ1v) is 5.38. The molecule has 0 radical (unpaired) electrons. The summed E-state index contributed by atoms with van der Waals surface area (Å²) in [5.41, 5.74) is 1.69. The summed E-state index contributed by atoms with van der Waals surface area (Å²) in [6, 6.07) is 7.44. The maximum absolute atomic E-state index is 9.83. The topological polar surface area (TPSA) is 52.5 Å². The molecule has 0 aliphatic rings. The van der Waals surface area contributed by atoms with Gasteiger partial charge in [0.1, 0.15) is 6.10 Å². The Balaban J connectivity index is 2.91. The van der Waals surface area contributed by atoms with E-state index in [1.165, 1.54) is 0 Å². The fraction of sp³-hybridized carbons (Fsp3) is 0.455. The fourth-order valence-electron chi connectivity index (χ4n) is 1.47. The van der Waals surface area contributed by atoms with Crippen LogP contribution < -0.4 is 5.32 Å². The van der Waals surface area contributed by atoms with Crippen LogP contribution in [0.2, 0.25) is 0 Å². The van der Waals surface area contributed by atoms with Gasteiger partial charge in [0.2, 0.25) is 0 Å². The third-order valence-electron chi connectivity index (χ3n) is 2.26. The molecule has 1 rings (SSSR count). The van der Waals surface area contributed by atoms with Crippen LogP contribution in [0.15, 0.2) is 24.3 Å². The number of hydrogen-bond acceptors (Lipinski definition) is 3. The molecule has 3 nitrogen and oxygen atoms in total. The monoisotopic (exact) mass is 229 g/mol. The van der Waals surface area contributed by atoms with Crippen LogP contribution in [-0.4, -0.2) is 29.2 Å². The number of hydrogen-bond donors (Lipinski definition) is 3. The highest BCUT2D eigenvalue weighted by molar-refractivity contribution is 6.18. The second-order valence-electron chi connectivity index (χ2n) is 3.40. The summed E-state index contributed by atoms with van der Waals surface area (Å²) < 4.78 is 0. The van der Waals surface area contributed by atoms with Crippen LogP contribution in [0.3, 0.4) is 0 Å². The summed E-state index contributed by atoms with van der Waals surface area (Å²) in [4.78, 5) is 0. The van der Waals surface area contributed by atoms with E-state index in [9.17, 15) is 10.2 Å². The number of aliphatic hydroxyl groups is 2. The van der Waals surface area contributed by atoms with Crippen LogP contribution in [0, 0.1) is 0 Å². The lowest BCUT2D eigenvalue weighted by molar-refractivity contribution is 0.0321. The van der Waals surface area contributed by atoms with E-state index < -0.39 is 12.2 Å². The smallest absolute Gasteiger partial charge is 0.106 e. The third-order valence-corrected chi connectivity index (χ3v) is 2.58. The Morgan fingerprint density at radius 3 is 2.60 bits per heavy atom. The zero-order chi connectivity index (χ0) is 11.3. The zero-order valence-electron chi connectivity index (χ0n) is 8.65. The standard InChI is InChI=1S/C11H16ClNO2/c1-13-7-8-4-2-3-5-9(8)11(15)10(14)6-12/h2-5,10-11,13-15H,6-7H2,1H3. The van der Waals surface area contributed by atoms with Gasteiger partial charge in [-0.2, -0.15) is 0 Å². The van der Waals surface area contributed by atoms with Gasteiger partial charge in [-0.1, -0.05) is 24.3 Å². The molecule has 0 amide bonds. The van der Waals surface area contributed by atoms with Crippen molar-refractivity contribution in [1.29, 1.82) is 0 Å². The highest BCUT2D eigenvalue weighted by atomic mass is 35.5. The maximum Gasteiger partial charge on any atom is 0.106 e. The summed E-state index contributed by atoms with van der Waals surface area (Å²) in [5, 5.41) is 22.3. The fourth-order valence-corrected chi connectivity index (χ4v) is 1.63. The van der Waals surface area contributed by atoms with Crippen LogP contribution in [-0.2, 0) is 6.54 Å². The molecule has 0 heterocycles. The van der Waals surface area contributed by atoms with E-state index in [1.807, 2.05) is 25.2 Å². The Hall–Kier alpha value is -0.610. The van der Waals surface area contributed by atoms with Gasteiger partial charge < -0.3 is 15.5 Å². The maximum atomic E-state index is 9.83. The Labute approximate surface area is 94.7 Å². The van der Waals surface area contributed by atoms with Crippen LogP contribution in [0.1, 0.15) is 17.2 Å². The van der Waals surface area contributed by atoms with Gasteiger partial charge in [-0.3, -0.25) is 0 Å². The lowest BCUT2D eigenvalue weighted by atomic mass is 9.99. The van der Waals surface area contributed by atoms with Crippen molar-refractivity contribution in [2.45, 2.75) is 18.8 Å². The van der Waals surface area contributed by atoms with Crippen molar-refractivity contribution in [2.75, 3.05) is 12.9 Å². The van der Waals surface area contributed by atoms with E-state index in [-0.39, 0.29) is 5.88 Å². The minimum Gasteiger partial charge on any atom is -0.389 e. The summed E-state index contributed by atoms with van der Waals surface area (Å²) in [6.07, 6.45) is -1.85. The number of nitrogens with one attached hydrogen (secondary N) is 1. The van der Waals surface area contributed by atoms with E-state index in [1.54, 1.807) is 6.07 Å². The van der Waals surface area contributed by atoms with Gasteiger partial charge >= 0.3 is 0 Å². The third kappa shape index (κ3) is 3.18. The highest BCUT2D eigenvalue weighted by Gasteiger charge is 2.19. The molecule has 0 saturated heterocycles. The lowest BCUT2D eigenvalue weighted by Gasteiger charge is -2.18. The number of aliphatic hydroxyl groups excluding tert-OH is 2. The molecule has 1 aromatic rings. The van der Waals surface area contributed by atoms with Gasteiger partial charge in [-0.25, -0.2) is 0 Å². The Morgan fingerprint density at radius 1 is 1.33 bits per heavy atom. The second-order valence-corrected chi connectivity index (χ2v) is 3.70. The Morgan fingerprint density at radius 2 is 2.00 bits per heavy atom. The van der Waals surface area contributed by atoms with E-state index >= 15 is 0 Å². The van der Waals surface area contributed by atoms with Crippen LogP contribution in [0.5, 0.6) is 0 Å². The van der Waals surface area contributed by atoms with Crippen molar-refractivity contribution >= 4 is 11.6 Å². The van der Waals surface area contributed by atoms with Crippen molar-refractivity contribution in [3.63, 3.8) is 0 Å². The van der Waals surface area contributed by atoms with Crippen molar-refractivity contribution < 1.29 is 10.2 Å². The molecule has 3 N–H and O–H groups in total. The minimum absolute atomic E-state index is 0.0229. The zero-order valence-corrected chi connectivity index (χ0v) is 9.41. The minimum atomic E-state index is -0.926. The molecular weight excluding hydrogens is 214 g/mol. The molecule has 0 aliphatic heterocycles. The van der Waals surface area contributed by atoms with Crippen LogP contribution in [0.25, 0.3) is 0 Å². The first kappa shape index (κ1) is 12.5. The van der Waals surface area contributed by atoms with E-state index in [4.69, 9.17) is 11.6 Å². The number of rotatable bonds is 5. The summed E-state index contributed by atoms with van der Waals surface area (Å²) in [7, 11) is 1.83. The van der Waals surface area contributed by atoms with Gasteiger partial charge in [0.05, 0.1) is 12.0 Å². The van der Waals surface area contributed by atoms with E-state index in [2.05, 4.69) is 5.32 Å². The molecule has 0 aromatic heterocycles. The number of benzene rings is 1. The van der Waals surface area contributed by atoms with Crippen molar-refractivity contribution in [3.8, 4) is 0 Å². The molecule has 84 valence electrons. The van der Waals surface area contributed by atoms with Gasteiger partial charge in [0, 0.05) is 6.54 Å². The largest absolute Gasteiger partial charge is 0.389 e. The van der Waals surface area contributed by atoms with Crippen LogP contribution in [0.4, 0.5) is 0 Å². The summed E-state index contributed by atoms with van der Waals surface area (Å²) in [6.45, 7) is 0.655. The predicted octanol–water partition coefficient (Wildman–Crippen LogP) is 1.04. The van der Waals surface area contributed by atoms with Crippen LogP contribution >= 0.6 is 11.6 Å². The normalized spacial score (nSPS) is 14.9. The Kier molecular flexibility index (Phi) is 5.05. The second kappa shape index (κ2) is 6.08. The van der Waals surface area contributed by atoms with Crippen molar-refractivity contribution in [3.05, 3.63) is 35.4 Å². The lowest BCUT2D eigenvalue weighted by Crippen LogP contribution is -2.22. The molecule has 2 atom stereocenters. The number of alkyl halides is 1. The molecule has 0 saturated carbocycles. The highest BCUT2D eigenvalue weighted by Crippen LogP contribution is 2.21. The van der Waals surface area contributed by atoms with E-state index in [0.29, 0.717) is 6.54 Å². The van der Waals surface area contributed by atoms with Gasteiger partial charge in [0.15, 0.2) is 0 Å². The SMILES string of the molecule is CNCc1ccccc1C(O)C(O)CCl. The molecule has 0 aliphatic carbocycles. The predicted molar refractivity (Wildman–Crippen MR) is 60.9 cm³/mol. The van der Waals surface area contributed by atoms with Gasteiger partial charge in [-0.05, 0) is 18.2 Å². The first-order chi connectivity index (χ1) is 7.20. The molecule has 1 aromatic carbocycles. The molecule has 4 heteroatoms. The Bertz CT molecular complexity index is 306. The molecule has 0 bridgehead atoms.